The van der Waals surface area contributed by atoms with E-state index >= 15 is 0 Å². The molecule has 0 bridgehead atoms. The van der Waals surface area contributed by atoms with E-state index < -0.39 is 24.3 Å². The van der Waals surface area contributed by atoms with E-state index in [0.29, 0.717) is 24.3 Å². The minimum Gasteiger partial charge on any atom is -0.492 e. The minimum absolute atomic E-state index is 0.00444. The lowest BCUT2D eigenvalue weighted by atomic mass is 10.1. The molecule has 1 amide bonds. The monoisotopic (exact) mass is 371 g/mol. The number of aromatic carboxylic acids is 1. The fourth-order valence-corrected chi connectivity index (χ4v) is 2.08. The van der Waals surface area contributed by atoms with E-state index in [-0.39, 0.29) is 24.5 Å². The Morgan fingerprint density at radius 3 is 2.46 bits per heavy atom. The molecule has 0 aromatic heterocycles. The van der Waals surface area contributed by atoms with Crippen LogP contribution in [0, 0.1) is 6.92 Å². The number of rotatable bonds is 9. The molecule has 0 aliphatic rings. The molecule has 0 aliphatic heterocycles. The van der Waals surface area contributed by atoms with Gasteiger partial charge in [-0.05, 0) is 46.2 Å². The summed E-state index contributed by atoms with van der Waals surface area (Å²) in [6.45, 7) is 6.68. The van der Waals surface area contributed by atoms with E-state index in [4.69, 9.17) is 14.2 Å². The van der Waals surface area contributed by atoms with Crippen molar-refractivity contribution in [2.45, 2.75) is 39.7 Å². The van der Waals surface area contributed by atoms with E-state index in [1.165, 1.54) is 12.1 Å². The van der Waals surface area contributed by atoms with Crippen molar-refractivity contribution in [3.05, 3.63) is 23.3 Å². The highest BCUT2D eigenvalue weighted by atomic mass is 19.1. The quantitative estimate of drug-likeness (QED) is 0.647. The Kier molecular flexibility index (Phi) is 8.15. The third-order valence-corrected chi connectivity index (χ3v) is 3.16. The number of carbonyl (C=O) groups excluding carboxylic acids is 1. The molecular formula is C18H26FNO6. The highest BCUT2D eigenvalue weighted by molar-refractivity contribution is 5.91. The Morgan fingerprint density at radius 1 is 1.19 bits per heavy atom. The van der Waals surface area contributed by atoms with Crippen LogP contribution < -0.4 is 14.8 Å². The van der Waals surface area contributed by atoms with Gasteiger partial charge in [0.25, 0.3) is 0 Å². The van der Waals surface area contributed by atoms with Crippen molar-refractivity contribution in [1.29, 1.82) is 0 Å². The first-order chi connectivity index (χ1) is 12.2. The molecule has 0 aliphatic carbocycles. The lowest BCUT2D eigenvalue weighted by molar-refractivity contribution is 0.0525. The van der Waals surface area contributed by atoms with Crippen molar-refractivity contribution in [1.82, 2.24) is 5.32 Å². The smallest absolute Gasteiger partial charge is 0.407 e. The molecule has 0 radical (unpaired) electrons. The fraction of sp³-hybridized carbons (Fsp3) is 0.556. The van der Waals surface area contributed by atoms with Gasteiger partial charge in [-0.25, -0.2) is 14.0 Å². The van der Waals surface area contributed by atoms with Gasteiger partial charge in [0.15, 0.2) is 0 Å². The van der Waals surface area contributed by atoms with Gasteiger partial charge in [0, 0.05) is 12.1 Å². The predicted molar refractivity (Wildman–Crippen MR) is 94.0 cm³/mol. The van der Waals surface area contributed by atoms with Crippen molar-refractivity contribution in [2.24, 2.45) is 0 Å². The second-order valence-corrected chi connectivity index (χ2v) is 6.54. The number of hydrogen-bond donors (Lipinski definition) is 2. The number of alkyl carbamates (subject to hydrolysis) is 1. The van der Waals surface area contributed by atoms with Gasteiger partial charge in [-0.2, -0.15) is 0 Å². The maximum atomic E-state index is 12.3. The fourth-order valence-electron chi connectivity index (χ4n) is 2.08. The van der Waals surface area contributed by atoms with E-state index in [1.807, 2.05) is 0 Å². The third kappa shape index (κ3) is 7.16. The van der Waals surface area contributed by atoms with Crippen LogP contribution in [-0.2, 0) is 4.74 Å². The predicted octanol–water partition coefficient (Wildman–Crippen LogP) is 3.34. The number of alkyl halides is 1. The lowest BCUT2D eigenvalue weighted by Crippen LogP contribution is -2.33. The average Bonchev–Trinajstić information content (AvgIpc) is 2.52. The molecule has 1 aromatic carbocycles. The van der Waals surface area contributed by atoms with Crippen LogP contribution in [0.25, 0.3) is 0 Å². The van der Waals surface area contributed by atoms with Gasteiger partial charge in [-0.1, -0.05) is 0 Å². The zero-order valence-electron chi connectivity index (χ0n) is 15.6. The summed E-state index contributed by atoms with van der Waals surface area (Å²) in [6, 6.07) is 2.84. The second kappa shape index (κ2) is 9.84. The summed E-state index contributed by atoms with van der Waals surface area (Å²) in [7, 11) is 0. The molecule has 0 fully saturated rings. The summed E-state index contributed by atoms with van der Waals surface area (Å²) >= 11 is 0. The Labute approximate surface area is 152 Å². The van der Waals surface area contributed by atoms with Crippen LogP contribution in [0.1, 0.15) is 43.1 Å². The van der Waals surface area contributed by atoms with Crippen molar-refractivity contribution in [3.8, 4) is 11.5 Å². The van der Waals surface area contributed by atoms with Gasteiger partial charge in [0.1, 0.15) is 35.9 Å². The molecule has 7 nitrogen and oxygen atoms in total. The second-order valence-electron chi connectivity index (χ2n) is 6.54. The number of nitrogens with one attached hydrogen (secondary N) is 1. The Bertz CT molecular complexity index is 627. The molecule has 2 N–H and O–H groups in total. The van der Waals surface area contributed by atoms with Gasteiger partial charge in [0.05, 0.1) is 6.61 Å². The van der Waals surface area contributed by atoms with E-state index in [0.717, 1.165) is 0 Å². The largest absolute Gasteiger partial charge is 0.492 e. The summed E-state index contributed by atoms with van der Waals surface area (Å²) in [5, 5.41) is 11.9. The molecule has 0 saturated heterocycles. The van der Waals surface area contributed by atoms with Crippen molar-refractivity contribution in [2.75, 3.05) is 26.4 Å². The SMILES string of the molecule is Cc1c(OCCF)ccc(C(=O)O)c1OCCCNC(=O)OC(C)(C)C. The number of carboxylic acid groups (broad SMARTS) is 1. The highest BCUT2D eigenvalue weighted by Crippen LogP contribution is 2.32. The van der Waals surface area contributed by atoms with E-state index in [2.05, 4.69) is 5.32 Å². The summed E-state index contributed by atoms with van der Waals surface area (Å²) in [4.78, 5) is 22.9. The number of benzene rings is 1. The minimum atomic E-state index is -1.13. The van der Waals surface area contributed by atoms with Gasteiger partial charge in [-0.15, -0.1) is 0 Å². The molecule has 146 valence electrons. The molecule has 8 heteroatoms. The van der Waals surface area contributed by atoms with Crippen LogP contribution in [0.3, 0.4) is 0 Å². The van der Waals surface area contributed by atoms with Gasteiger partial charge in [0.2, 0.25) is 0 Å². The topological polar surface area (TPSA) is 94.1 Å². The zero-order valence-corrected chi connectivity index (χ0v) is 15.6. The van der Waals surface area contributed by atoms with Crippen molar-refractivity contribution in [3.63, 3.8) is 0 Å². The first kappa shape index (κ1) is 21.5. The summed E-state index contributed by atoms with van der Waals surface area (Å²) in [5.74, 6) is -0.590. The maximum Gasteiger partial charge on any atom is 0.407 e. The molecular weight excluding hydrogens is 345 g/mol. The van der Waals surface area contributed by atoms with E-state index in [9.17, 15) is 19.1 Å². The van der Waals surface area contributed by atoms with Crippen molar-refractivity contribution < 1.29 is 33.3 Å². The van der Waals surface area contributed by atoms with Crippen LogP contribution in [0.4, 0.5) is 9.18 Å². The number of amides is 1. The van der Waals surface area contributed by atoms with Crippen LogP contribution in [0.5, 0.6) is 11.5 Å². The zero-order chi connectivity index (χ0) is 19.7. The summed E-state index contributed by atoms with van der Waals surface area (Å²) in [5.41, 5.74) is -0.0950. The van der Waals surface area contributed by atoms with Gasteiger partial charge in [-0.3, -0.25) is 0 Å². The highest BCUT2D eigenvalue weighted by Gasteiger charge is 2.18. The molecule has 0 saturated carbocycles. The van der Waals surface area contributed by atoms with Crippen LogP contribution in [-0.4, -0.2) is 49.2 Å². The first-order valence-electron chi connectivity index (χ1n) is 8.31. The number of carboxylic acids is 1. The third-order valence-electron chi connectivity index (χ3n) is 3.16. The Balaban J connectivity index is 2.62. The van der Waals surface area contributed by atoms with Crippen molar-refractivity contribution >= 4 is 12.1 Å². The lowest BCUT2D eigenvalue weighted by Gasteiger charge is -2.19. The first-order valence-corrected chi connectivity index (χ1v) is 8.31. The molecule has 0 heterocycles. The summed E-state index contributed by atoms with van der Waals surface area (Å²) in [6.07, 6.45) is -0.0747. The number of hydrogen-bond acceptors (Lipinski definition) is 5. The number of ether oxygens (including phenoxy) is 3. The van der Waals surface area contributed by atoms with Crippen LogP contribution in [0.15, 0.2) is 12.1 Å². The van der Waals surface area contributed by atoms with Crippen LogP contribution >= 0.6 is 0 Å². The molecule has 1 rings (SSSR count). The Hall–Kier alpha value is -2.51. The maximum absolute atomic E-state index is 12.3. The normalized spacial score (nSPS) is 11.0. The Morgan fingerprint density at radius 2 is 1.88 bits per heavy atom. The molecule has 0 spiro atoms. The molecule has 1 aromatic rings. The van der Waals surface area contributed by atoms with E-state index in [1.54, 1.807) is 27.7 Å². The van der Waals surface area contributed by atoms with Gasteiger partial charge < -0.3 is 24.6 Å². The average molecular weight is 371 g/mol. The molecule has 0 unspecified atom stereocenters. The summed E-state index contributed by atoms with van der Waals surface area (Å²) < 4.78 is 28.2. The molecule has 0 atom stereocenters. The van der Waals surface area contributed by atoms with Crippen LogP contribution in [0.2, 0.25) is 0 Å². The number of carbonyl (C=O) groups is 2. The number of halogens is 1. The molecule has 26 heavy (non-hydrogen) atoms. The van der Waals surface area contributed by atoms with Gasteiger partial charge >= 0.3 is 12.1 Å². The standard InChI is InChI=1S/C18H26FNO6/c1-12-14(24-11-8-19)7-6-13(16(21)22)15(12)25-10-5-9-20-17(23)26-18(2,3)4/h6-7H,5,8-11H2,1-4H3,(H,20,23)(H,21,22).